The lowest BCUT2D eigenvalue weighted by atomic mass is 10.2. The van der Waals surface area contributed by atoms with Crippen molar-refractivity contribution in [3.05, 3.63) is 23.8 Å². The van der Waals surface area contributed by atoms with Crippen molar-refractivity contribution in [1.82, 2.24) is 4.90 Å². The van der Waals surface area contributed by atoms with Crippen LogP contribution in [-0.4, -0.2) is 36.2 Å². The van der Waals surface area contributed by atoms with Gasteiger partial charge >= 0.3 is 0 Å². The van der Waals surface area contributed by atoms with Crippen molar-refractivity contribution in [2.45, 2.75) is 26.2 Å². The number of unbranched alkanes of at least 4 members (excludes halogenated alkanes) is 1. The molecule has 0 radical (unpaired) electrons. The highest BCUT2D eigenvalue weighted by atomic mass is 16.3. The van der Waals surface area contributed by atoms with E-state index >= 15 is 0 Å². The summed E-state index contributed by atoms with van der Waals surface area (Å²) < 4.78 is 0. The average molecular weight is 248 g/mol. The molecule has 0 spiro atoms. The van der Waals surface area contributed by atoms with Crippen LogP contribution >= 0.6 is 0 Å². The highest BCUT2D eigenvalue weighted by Gasteiger charge is 2.06. The molecule has 0 saturated carbocycles. The molecular formula is C14H20N2O2. The molecule has 0 fully saturated rings. The molecule has 4 heteroatoms. The Balaban J connectivity index is 3.09. The predicted octanol–water partition coefficient (Wildman–Crippen LogP) is 2.99. The first kappa shape index (κ1) is 14.2. The highest BCUT2D eigenvalue weighted by molar-refractivity contribution is 5.89. The molecule has 0 bridgehead atoms. The Bertz CT molecular complexity index is 439. The fourth-order valence-corrected chi connectivity index (χ4v) is 1.58. The lowest BCUT2D eigenvalue weighted by molar-refractivity contribution is 0.112. The molecule has 1 aromatic carbocycles. The van der Waals surface area contributed by atoms with Crippen LogP contribution in [0.15, 0.2) is 23.2 Å². The highest BCUT2D eigenvalue weighted by Crippen LogP contribution is 2.24. The van der Waals surface area contributed by atoms with Crippen LogP contribution in [0.3, 0.4) is 0 Å². The van der Waals surface area contributed by atoms with E-state index in [4.69, 9.17) is 0 Å². The molecule has 4 nitrogen and oxygen atoms in total. The SMILES string of the molecule is CCCCC(=Nc1cc(O)ccc1C=O)N(C)C. The van der Waals surface area contributed by atoms with Gasteiger partial charge in [-0.15, -0.1) is 0 Å². The molecule has 0 atom stereocenters. The third-order valence-electron chi connectivity index (χ3n) is 2.66. The van der Waals surface area contributed by atoms with Crippen LogP contribution in [0.1, 0.15) is 36.5 Å². The maximum atomic E-state index is 10.9. The maximum Gasteiger partial charge on any atom is 0.152 e. The Kier molecular flexibility index (Phi) is 5.36. The van der Waals surface area contributed by atoms with E-state index in [1.807, 2.05) is 19.0 Å². The van der Waals surface area contributed by atoms with E-state index in [9.17, 15) is 9.90 Å². The molecule has 1 aromatic rings. The number of rotatable bonds is 5. The van der Waals surface area contributed by atoms with Gasteiger partial charge in [0.15, 0.2) is 6.29 Å². The number of hydrogen-bond donors (Lipinski definition) is 1. The Morgan fingerprint density at radius 1 is 1.44 bits per heavy atom. The molecule has 1 N–H and O–H groups in total. The van der Waals surface area contributed by atoms with Crippen molar-refractivity contribution in [3.63, 3.8) is 0 Å². The van der Waals surface area contributed by atoms with E-state index in [-0.39, 0.29) is 5.75 Å². The molecule has 0 aliphatic heterocycles. The zero-order chi connectivity index (χ0) is 13.5. The number of phenols is 1. The summed E-state index contributed by atoms with van der Waals surface area (Å²) in [5, 5.41) is 9.46. The molecule has 0 aromatic heterocycles. The fraction of sp³-hybridized carbons (Fsp3) is 0.429. The minimum Gasteiger partial charge on any atom is -0.508 e. The lowest BCUT2D eigenvalue weighted by Gasteiger charge is -2.16. The Morgan fingerprint density at radius 3 is 2.72 bits per heavy atom. The predicted molar refractivity (Wildman–Crippen MR) is 73.8 cm³/mol. The van der Waals surface area contributed by atoms with E-state index in [0.717, 1.165) is 31.4 Å². The quantitative estimate of drug-likeness (QED) is 0.495. The van der Waals surface area contributed by atoms with E-state index in [1.54, 1.807) is 6.07 Å². The minimum atomic E-state index is 0.118. The second-order valence-corrected chi connectivity index (χ2v) is 4.39. The van der Waals surface area contributed by atoms with Gasteiger partial charge in [-0.3, -0.25) is 4.79 Å². The summed E-state index contributed by atoms with van der Waals surface area (Å²) in [4.78, 5) is 17.4. The van der Waals surface area contributed by atoms with Crippen LogP contribution in [0, 0.1) is 0 Å². The van der Waals surface area contributed by atoms with Crippen molar-refractivity contribution in [2.24, 2.45) is 4.99 Å². The number of aldehydes is 1. The van der Waals surface area contributed by atoms with Gasteiger partial charge in [-0.2, -0.15) is 0 Å². The van der Waals surface area contributed by atoms with Crippen LogP contribution in [-0.2, 0) is 0 Å². The second kappa shape index (κ2) is 6.79. The number of aliphatic imine (C=N–C) groups is 1. The topological polar surface area (TPSA) is 52.9 Å². The molecule has 98 valence electrons. The summed E-state index contributed by atoms with van der Waals surface area (Å²) in [6.07, 6.45) is 3.75. The molecule has 0 unspecified atom stereocenters. The van der Waals surface area contributed by atoms with Gasteiger partial charge < -0.3 is 10.0 Å². The molecule has 1 rings (SSSR count). The van der Waals surface area contributed by atoms with Crippen LogP contribution in [0.5, 0.6) is 5.75 Å². The average Bonchev–Trinajstić information content (AvgIpc) is 2.34. The zero-order valence-electron chi connectivity index (χ0n) is 11.2. The Hall–Kier alpha value is -1.84. The van der Waals surface area contributed by atoms with Gasteiger partial charge in [-0.1, -0.05) is 13.3 Å². The van der Waals surface area contributed by atoms with Crippen LogP contribution in [0.4, 0.5) is 5.69 Å². The molecule has 0 amide bonds. The lowest BCUT2D eigenvalue weighted by Crippen LogP contribution is -2.21. The summed E-state index contributed by atoms with van der Waals surface area (Å²) in [6.45, 7) is 2.12. The fourth-order valence-electron chi connectivity index (χ4n) is 1.58. The van der Waals surface area contributed by atoms with Crippen molar-refractivity contribution in [2.75, 3.05) is 14.1 Å². The zero-order valence-corrected chi connectivity index (χ0v) is 11.2. The van der Waals surface area contributed by atoms with Gasteiger partial charge in [0.25, 0.3) is 0 Å². The molecular weight excluding hydrogens is 228 g/mol. The van der Waals surface area contributed by atoms with Gasteiger partial charge in [-0.05, 0) is 18.6 Å². The van der Waals surface area contributed by atoms with Gasteiger partial charge in [-0.25, -0.2) is 4.99 Å². The van der Waals surface area contributed by atoms with Crippen molar-refractivity contribution < 1.29 is 9.90 Å². The number of nitrogens with zero attached hydrogens (tertiary/aromatic N) is 2. The van der Waals surface area contributed by atoms with Crippen molar-refractivity contribution >= 4 is 17.8 Å². The number of amidine groups is 1. The standard InChI is InChI=1S/C14H20N2O2/c1-4-5-6-14(16(2)3)15-13-9-12(18)8-7-11(13)10-17/h7-10,18H,4-6H2,1-3H3. The second-order valence-electron chi connectivity index (χ2n) is 4.39. The first-order valence-corrected chi connectivity index (χ1v) is 6.11. The Labute approximate surface area is 108 Å². The normalized spacial score (nSPS) is 11.4. The first-order valence-electron chi connectivity index (χ1n) is 6.11. The number of benzene rings is 1. The summed E-state index contributed by atoms with van der Waals surface area (Å²) in [6, 6.07) is 4.58. The Morgan fingerprint density at radius 2 is 2.17 bits per heavy atom. The van der Waals surface area contributed by atoms with E-state index in [1.165, 1.54) is 12.1 Å². The number of carbonyl (C=O) groups excluding carboxylic acids is 1. The number of aromatic hydroxyl groups is 1. The molecule has 0 heterocycles. The van der Waals surface area contributed by atoms with Crippen molar-refractivity contribution in [3.8, 4) is 5.75 Å². The summed E-state index contributed by atoms with van der Waals surface area (Å²) in [5.74, 6) is 1.03. The molecule has 0 aliphatic rings. The third-order valence-corrected chi connectivity index (χ3v) is 2.66. The summed E-state index contributed by atoms with van der Waals surface area (Å²) in [5.41, 5.74) is 1.01. The van der Waals surface area contributed by atoms with Crippen LogP contribution < -0.4 is 0 Å². The van der Waals surface area contributed by atoms with Crippen molar-refractivity contribution in [1.29, 1.82) is 0 Å². The van der Waals surface area contributed by atoms with E-state index in [2.05, 4.69) is 11.9 Å². The monoisotopic (exact) mass is 248 g/mol. The summed E-state index contributed by atoms with van der Waals surface area (Å²) >= 11 is 0. The number of phenolic OH excluding ortho intramolecular Hbond substituents is 1. The van der Waals surface area contributed by atoms with Crippen LogP contribution in [0.2, 0.25) is 0 Å². The number of hydrogen-bond acceptors (Lipinski definition) is 3. The van der Waals surface area contributed by atoms with Gasteiger partial charge in [0.05, 0.1) is 5.69 Å². The minimum absolute atomic E-state index is 0.118. The third kappa shape index (κ3) is 3.87. The van der Waals surface area contributed by atoms with Crippen LogP contribution in [0.25, 0.3) is 0 Å². The van der Waals surface area contributed by atoms with Gasteiger partial charge in [0, 0.05) is 32.1 Å². The molecule has 18 heavy (non-hydrogen) atoms. The van der Waals surface area contributed by atoms with E-state index in [0.29, 0.717) is 11.3 Å². The molecule has 0 aliphatic carbocycles. The smallest absolute Gasteiger partial charge is 0.152 e. The van der Waals surface area contributed by atoms with E-state index < -0.39 is 0 Å². The number of carbonyl (C=O) groups is 1. The summed E-state index contributed by atoms with van der Waals surface area (Å²) in [7, 11) is 3.86. The van der Waals surface area contributed by atoms with Gasteiger partial charge in [0.2, 0.25) is 0 Å². The maximum absolute atomic E-state index is 10.9. The van der Waals surface area contributed by atoms with Gasteiger partial charge in [0.1, 0.15) is 11.6 Å². The molecule has 0 saturated heterocycles. The first-order chi connectivity index (χ1) is 8.58. The largest absolute Gasteiger partial charge is 0.508 e.